The number of pyridine rings is 1. The summed E-state index contributed by atoms with van der Waals surface area (Å²) in [5.41, 5.74) is 6.36. The van der Waals surface area contributed by atoms with Crippen LogP contribution >= 0.6 is 23.1 Å². The summed E-state index contributed by atoms with van der Waals surface area (Å²) in [6, 6.07) is 32.7. The van der Waals surface area contributed by atoms with Crippen molar-refractivity contribution in [2.75, 3.05) is 11.9 Å². The normalized spacial score (nSPS) is 14.2. The fraction of sp³-hybridized carbons (Fsp3) is 0.0690. The Hall–Kier alpha value is -3.34. The largest absolute Gasteiger partial charge is 0.338 e. The van der Waals surface area contributed by atoms with Gasteiger partial charge in [0, 0.05) is 34.5 Å². The van der Waals surface area contributed by atoms with Crippen molar-refractivity contribution in [3.05, 3.63) is 119 Å². The molecule has 0 fully saturated rings. The molecule has 2 nitrogen and oxygen atoms in total. The first-order chi connectivity index (χ1) is 16.3. The van der Waals surface area contributed by atoms with E-state index in [4.69, 9.17) is 0 Å². The van der Waals surface area contributed by atoms with Gasteiger partial charge in [-0.3, -0.25) is 0 Å². The van der Waals surface area contributed by atoms with Crippen LogP contribution in [0.2, 0.25) is 0 Å². The van der Waals surface area contributed by atoms with Gasteiger partial charge in [0.25, 0.3) is 0 Å². The van der Waals surface area contributed by atoms with Crippen LogP contribution in [-0.2, 0) is 6.54 Å². The average molecular weight is 464 g/mol. The van der Waals surface area contributed by atoms with Gasteiger partial charge in [0.05, 0.1) is 16.1 Å². The fourth-order valence-electron chi connectivity index (χ4n) is 4.38. The summed E-state index contributed by atoms with van der Waals surface area (Å²) in [6.45, 7) is 0.865. The molecule has 0 spiro atoms. The highest BCUT2D eigenvalue weighted by Crippen LogP contribution is 2.47. The van der Waals surface area contributed by atoms with Crippen molar-refractivity contribution < 1.29 is 4.57 Å². The van der Waals surface area contributed by atoms with Crippen LogP contribution in [0.3, 0.4) is 0 Å². The molecule has 3 heterocycles. The molecule has 33 heavy (non-hydrogen) atoms. The summed E-state index contributed by atoms with van der Waals surface area (Å²) < 4.78 is 2.33. The molecular formula is C29H23N2S2+. The number of hydrogen-bond acceptors (Lipinski definition) is 3. The van der Waals surface area contributed by atoms with Gasteiger partial charge in [-0.1, -0.05) is 66.4 Å². The monoisotopic (exact) mass is 463 g/mol. The molecule has 0 aliphatic carbocycles. The number of aromatic nitrogens is 1. The summed E-state index contributed by atoms with van der Waals surface area (Å²) in [7, 11) is 2.16. The van der Waals surface area contributed by atoms with E-state index in [2.05, 4.69) is 125 Å². The van der Waals surface area contributed by atoms with E-state index in [1.54, 1.807) is 11.3 Å². The van der Waals surface area contributed by atoms with E-state index in [0.717, 1.165) is 6.54 Å². The molecule has 160 valence electrons. The molecule has 0 atom stereocenters. The maximum atomic E-state index is 2.33. The molecular weight excluding hydrogens is 440 g/mol. The Kier molecular flexibility index (Phi) is 5.25. The van der Waals surface area contributed by atoms with Crippen molar-refractivity contribution in [2.45, 2.75) is 11.4 Å². The minimum Gasteiger partial charge on any atom is -0.338 e. The first-order valence-electron chi connectivity index (χ1n) is 11.0. The molecule has 1 aliphatic heterocycles. The minimum absolute atomic E-state index is 0.865. The van der Waals surface area contributed by atoms with Crippen LogP contribution in [-0.4, -0.2) is 7.05 Å². The first kappa shape index (κ1) is 20.3. The van der Waals surface area contributed by atoms with Crippen LogP contribution < -0.4 is 9.47 Å². The average Bonchev–Trinajstić information content (AvgIpc) is 3.50. The van der Waals surface area contributed by atoms with Crippen LogP contribution in [0.1, 0.15) is 11.1 Å². The predicted octanol–water partition coefficient (Wildman–Crippen LogP) is 7.44. The van der Waals surface area contributed by atoms with E-state index in [-0.39, 0.29) is 0 Å². The minimum atomic E-state index is 0.865. The molecule has 0 unspecified atom stereocenters. The van der Waals surface area contributed by atoms with Gasteiger partial charge in [-0.05, 0) is 46.8 Å². The van der Waals surface area contributed by atoms with Gasteiger partial charge < -0.3 is 4.90 Å². The topological polar surface area (TPSA) is 7.12 Å². The van der Waals surface area contributed by atoms with Gasteiger partial charge in [-0.15, -0.1) is 11.3 Å². The van der Waals surface area contributed by atoms with Gasteiger partial charge in [0.2, 0.25) is 5.52 Å². The zero-order valence-electron chi connectivity index (χ0n) is 18.3. The molecule has 0 saturated carbocycles. The lowest BCUT2D eigenvalue weighted by Gasteiger charge is -2.14. The van der Waals surface area contributed by atoms with Crippen LogP contribution in [0.4, 0.5) is 5.69 Å². The zero-order valence-corrected chi connectivity index (χ0v) is 19.9. The van der Waals surface area contributed by atoms with E-state index in [9.17, 15) is 0 Å². The summed E-state index contributed by atoms with van der Waals surface area (Å²) in [5.74, 6) is 0. The second-order valence-corrected chi connectivity index (χ2v) is 10.2. The number of para-hydroxylation sites is 1. The molecule has 2 aromatic heterocycles. The van der Waals surface area contributed by atoms with Crippen molar-refractivity contribution in [1.29, 1.82) is 0 Å². The molecule has 0 bridgehead atoms. The Labute approximate surface area is 202 Å². The highest BCUT2D eigenvalue weighted by Gasteiger charge is 2.23. The number of thiophene rings is 1. The van der Waals surface area contributed by atoms with Crippen LogP contribution in [0.5, 0.6) is 0 Å². The standard InChI is InChI=1S/C29H23N2S2/c1-30-26-14-13-23(27-12-7-17-32-27)18-28(26)33-29(30)19-22-15-16-31(20-21-8-3-2-4-9-21)25-11-6-5-10-24(22)25/h2-19H,20H2,1H3/q+1. The lowest BCUT2D eigenvalue weighted by atomic mass is 10.1. The predicted molar refractivity (Wildman–Crippen MR) is 142 cm³/mol. The third-order valence-corrected chi connectivity index (χ3v) is 8.17. The van der Waals surface area contributed by atoms with Crippen molar-refractivity contribution in [3.63, 3.8) is 0 Å². The molecule has 0 saturated heterocycles. The third-order valence-electron chi connectivity index (χ3n) is 6.11. The van der Waals surface area contributed by atoms with Gasteiger partial charge in [0.15, 0.2) is 12.7 Å². The second-order valence-electron chi connectivity index (χ2n) is 8.21. The molecule has 0 radical (unpaired) electrons. The Balaban J connectivity index is 1.36. The molecule has 5 aromatic rings. The first-order valence-corrected chi connectivity index (χ1v) is 12.7. The summed E-state index contributed by atoms with van der Waals surface area (Å²) in [5, 5.41) is 4.66. The van der Waals surface area contributed by atoms with Crippen LogP contribution in [0, 0.1) is 0 Å². The Morgan fingerprint density at radius 2 is 1.73 bits per heavy atom. The van der Waals surface area contributed by atoms with Crippen molar-refractivity contribution >= 4 is 45.8 Å². The molecule has 4 heteroatoms. The van der Waals surface area contributed by atoms with Gasteiger partial charge >= 0.3 is 0 Å². The second kappa shape index (κ2) is 8.54. The zero-order chi connectivity index (χ0) is 22.2. The van der Waals surface area contributed by atoms with E-state index in [1.165, 1.54) is 48.1 Å². The van der Waals surface area contributed by atoms with Crippen molar-refractivity contribution in [2.24, 2.45) is 0 Å². The number of anilines is 1. The van der Waals surface area contributed by atoms with Gasteiger partial charge in [0.1, 0.15) is 0 Å². The number of rotatable bonds is 4. The molecule has 1 aliphatic rings. The van der Waals surface area contributed by atoms with Gasteiger partial charge in [-0.2, -0.15) is 4.57 Å². The highest BCUT2D eigenvalue weighted by molar-refractivity contribution is 8.03. The number of nitrogens with zero attached hydrogens (tertiary/aromatic N) is 2. The van der Waals surface area contributed by atoms with Crippen molar-refractivity contribution in [3.8, 4) is 10.4 Å². The maximum Gasteiger partial charge on any atom is 0.213 e. The summed E-state index contributed by atoms with van der Waals surface area (Å²) >= 11 is 3.64. The maximum absolute atomic E-state index is 2.33. The Morgan fingerprint density at radius 1 is 0.879 bits per heavy atom. The third kappa shape index (κ3) is 3.86. The van der Waals surface area contributed by atoms with Crippen LogP contribution in [0.25, 0.3) is 27.4 Å². The van der Waals surface area contributed by atoms with E-state index in [1.807, 2.05) is 11.8 Å². The number of hydrogen-bond donors (Lipinski definition) is 0. The SMILES string of the molecule is CN1C(=Cc2cc[n+](Cc3ccccc3)c3ccccc23)Sc2cc(-c3cccs3)ccc21. The quantitative estimate of drug-likeness (QED) is 0.256. The Bertz CT molecular complexity index is 1470. The smallest absolute Gasteiger partial charge is 0.213 e. The fourth-order valence-corrected chi connectivity index (χ4v) is 6.25. The van der Waals surface area contributed by atoms with Crippen LogP contribution in [0.15, 0.2) is 112 Å². The molecule has 6 rings (SSSR count). The van der Waals surface area contributed by atoms with Gasteiger partial charge in [-0.25, -0.2) is 0 Å². The molecule has 3 aromatic carbocycles. The molecule has 0 N–H and O–H groups in total. The lowest BCUT2D eigenvalue weighted by Crippen LogP contribution is -2.34. The van der Waals surface area contributed by atoms with E-state index in [0.29, 0.717) is 0 Å². The summed E-state index contributed by atoms with van der Waals surface area (Å²) in [4.78, 5) is 4.93. The lowest BCUT2D eigenvalue weighted by molar-refractivity contribution is -0.662. The highest BCUT2D eigenvalue weighted by atomic mass is 32.2. The number of fused-ring (bicyclic) bond motifs is 2. The van der Waals surface area contributed by atoms with E-state index < -0.39 is 0 Å². The number of benzene rings is 3. The Morgan fingerprint density at radius 3 is 2.58 bits per heavy atom. The summed E-state index contributed by atoms with van der Waals surface area (Å²) in [6.07, 6.45) is 4.54. The number of thioether (sulfide) groups is 1. The molecule has 0 amide bonds. The van der Waals surface area contributed by atoms with Crippen molar-refractivity contribution in [1.82, 2.24) is 0 Å². The van der Waals surface area contributed by atoms with E-state index >= 15 is 0 Å².